The van der Waals surface area contributed by atoms with Crippen LogP contribution >= 0.6 is 11.6 Å². The summed E-state index contributed by atoms with van der Waals surface area (Å²) in [6, 6.07) is 10.4. The molecule has 0 aliphatic carbocycles. The first-order valence-electron chi connectivity index (χ1n) is 8.42. The molecule has 0 aliphatic rings. The van der Waals surface area contributed by atoms with Crippen LogP contribution in [0.15, 0.2) is 47.6 Å². The van der Waals surface area contributed by atoms with Gasteiger partial charge in [0, 0.05) is 29.9 Å². The highest BCUT2D eigenvalue weighted by Gasteiger charge is 2.08. The van der Waals surface area contributed by atoms with Gasteiger partial charge >= 0.3 is 0 Å². The minimum Gasteiger partial charge on any atom is -0.357 e. The van der Waals surface area contributed by atoms with Crippen molar-refractivity contribution in [3.63, 3.8) is 0 Å². The van der Waals surface area contributed by atoms with Crippen LogP contribution in [0.4, 0.5) is 4.39 Å². The molecular formula is C18H20ClFN6. The van der Waals surface area contributed by atoms with Gasteiger partial charge in [-0.15, -0.1) is 10.2 Å². The Morgan fingerprint density at radius 1 is 1.19 bits per heavy atom. The van der Waals surface area contributed by atoms with E-state index in [4.69, 9.17) is 11.6 Å². The molecule has 0 saturated heterocycles. The van der Waals surface area contributed by atoms with Gasteiger partial charge < -0.3 is 10.6 Å². The molecule has 2 heterocycles. The van der Waals surface area contributed by atoms with Crippen LogP contribution < -0.4 is 10.6 Å². The Morgan fingerprint density at radius 2 is 2.08 bits per heavy atom. The molecule has 26 heavy (non-hydrogen) atoms. The first kappa shape index (κ1) is 18.1. The summed E-state index contributed by atoms with van der Waals surface area (Å²) in [7, 11) is 0. The van der Waals surface area contributed by atoms with Crippen molar-refractivity contribution in [3.05, 3.63) is 64.8 Å². The van der Waals surface area contributed by atoms with Crippen LogP contribution in [-0.2, 0) is 13.0 Å². The monoisotopic (exact) mass is 374 g/mol. The van der Waals surface area contributed by atoms with E-state index in [2.05, 4.69) is 25.8 Å². The SMILES string of the molecule is CCNC(=NCc1nnc2ccccn12)NCCc1c(F)cccc1Cl. The number of nitrogens with one attached hydrogen (secondary N) is 2. The molecule has 0 amide bonds. The van der Waals surface area contributed by atoms with E-state index in [9.17, 15) is 4.39 Å². The molecule has 0 radical (unpaired) electrons. The van der Waals surface area contributed by atoms with Gasteiger partial charge in [-0.05, 0) is 37.6 Å². The predicted octanol–water partition coefficient (Wildman–Crippen LogP) is 2.82. The molecule has 8 heteroatoms. The van der Waals surface area contributed by atoms with E-state index < -0.39 is 0 Å². The zero-order chi connectivity index (χ0) is 18.4. The third kappa shape index (κ3) is 4.29. The molecular weight excluding hydrogens is 355 g/mol. The van der Waals surface area contributed by atoms with Crippen molar-refractivity contribution < 1.29 is 4.39 Å². The lowest BCUT2D eigenvalue weighted by Crippen LogP contribution is -2.38. The lowest BCUT2D eigenvalue weighted by atomic mass is 10.1. The summed E-state index contributed by atoms with van der Waals surface area (Å²) in [6.45, 7) is 3.58. The number of fused-ring (bicyclic) bond motifs is 1. The smallest absolute Gasteiger partial charge is 0.191 e. The van der Waals surface area contributed by atoms with Crippen LogP contribution in [0.5, 0.6) is 0 Å². The molecule has 0 spiro atoms. The summed E-state index contributed by atoms with van der Waals surface area (Å²) in [4.78, 5) is 4.53. The fourth-order valence-electron chi connectivity index (χ4n) is 2.57. The third-order valence-corrected chi connectivity index (χ3v) is 4.19. The quantitative estimate of drug-likeness (QED) is 0.514. The Morgan fingerprint density at radius 3 is 2.88 bits per heavy atom. The second-order valence-electron chi connectivity index (χ2n) is 5.62. The molecule has 0 atom stereocenters. The molecule has 6 nitrogen and oxygen atoms in total. The second kappa shape index (κ2) is 8.62. The molecule has 3 rings (SSSR count). The van der Waals surface area contributed by atoms with Crippen molar-refractivity contribution >= 4 is 23.2 Å². The van der Waals surface area contributed by atoms with Crippen LogP contribution in [-0.4, -0.2) is 33.6 Å². The van der Waals surface area contributed by atoms with Crippen LogP contribution in [0.3, 0.4) is 0 Å². The standard InChI is InChI=1S/C18H20ClFN6/c1-2-21-18(22-10-9-13-14(19)6-5-7-15(13)20)23-12-17-25-24-16-8-3-4-11-26(16)17/h3-8,11H,2,9-10,12H2,1H3,(H2,21,22,23). The lowest BCUT2D eigenvalue weighted by Gasteiger charge is -2.12. The molecule has 3 aromatic rings. The van der Waals surface area contributed by atoms with E-state index in [1.54, 1.807) is 12.1 Å². The number of benzene rings is 1. The molecule has 0 aliphatic heterocycles. The maximum absolute atomic E-state index is 13.8. The fraction of sp³-hybridized carbons (Fsp3) is 0.278. The highest BCUT2D eigenvalue weighted by molar-refractivity contribution is 6.31. The zero-order valence-electron chi connectivity index (χ0n) is 14.4. The second-order valence-corrected chi connectivity index (χ2v) is 6.02. The van der Waals surface area contributed by atoms with Crippen LogP contribution in [0, 0.1) is 5.82 Å². The largest absolute Gasteiger partial charge is 0.357 e. The van der Waals surface area contributed by atoms with Gasteiger partial charge in [-0.2, -0.15) is 0 Å². The Kier molecular flexibility index (Phi) is 6.01. The molecule has 136 valence electrons. The third-order valence-electron chi connectivity index (χ3n) is 3.84. The van der Waals surface area contributed by atoms with Gasteiger partial charge in [0.05, 0.1) is 0 Å². The van der Waals surface area contributed by atoms with Crippen LogP contribution in [0.1, 0.15) is 18.3 Å². The molecule has 0 saturated carbocycles. The molecule has 0 bridgehead atoms. The summed E-state index contributed by atoms with van der Waals surface area (Å²) in [6.07, 6.45) is 2.37. The molecule has 0 fully saturated rings. The molecule has 1 aromatic carbocycles. The van der Waals surface area contributed by atoms with Crippen molar-refractivity contribution in [2.24, 2.45) is 4.99 Å². The average Bonchev–Trinajstić information content (AvgIpc) is 3.05. The number of rotatable bonds is 6. The van der Waals surface area contributed by atoms with E-state index >= 15 is 0 Å². The van der Waals surface area contributed by atoms with Crippen molar-refractivity contribution in [3.8, 4) is 0 Å². The summed E-state index contributed by atoms with van der Waals surface area (Å²) >= 11 is 6.06. The van der Waals surface area contributed by atoms with Crippen LogP contribution in [0.2, 0.25) is 5.02 Å². The van der Waals surface area contributed by atoms with Gasteiger partial charge in [-0.1, -0.05) is 23.7 Å². The average molecular weight is 375 g/mol. The Hall–Kier alpha value is -2.67. The summed E-state index contributed by atoms with van der Waals surface area (Å²) in [5.41, 5.74) is 1.28. The van der Waals surface area contributed by atoms with Gasteiger partial charge in [0.2, 0.25) is 0 Å². The number of pyridine rings is 1. The Labute approximate surface area is 156 Å². The molecule has 2 N–H and O–H groups in total. The topological polar surface area (TPSA) is 66.6 Å². The number of guanidine groups is 1. The lowest BCUT2D eigenvalue weighted by molar-refractivity contribution is 0.607. The maximum atomic E-state index is 13.8. The van der Waals surface area contributed by atoms with Crippen molar-refractivity contribution in [1.29, 1.82) is 0 Å². The predicted molar refractivity (Wildman–Crippen MR) is 101 cm³/mol. The van der Waals surface area contributed by atoms with E-state index in [-0.39, 0.29) is 5.82 Å². The summed E-state index contributed by atoms with van der Waals surface area (Å²) < 4.78 is 15.7. The number of aliphatic imine (C=N–C) groups is 1. The number of aromatic nitrogens is 3. The molecule has 0 unspecified atom stereocenters. The van der Waals surface area contributed by atoms with Crippen molar-refractivity contribution in [1.82, 2.24) is 25.2 Å². The Bertz CT molecular complexity index is 887. The van der Waals surface area contributed by atoms with Crippen LogP contribution in [0.25, 0.3) is 5.65 Å². The Balaban J connectivity index is 1.64. The first-order chi connectivity index (χ1) is 12.7. The normalized spacial score (nSPS) is 11.7. The maximum Gasteiger partial charge on any atom is 0.191 e. The number of hydrogen-bond donors (Lipinski definition) is 2. The zero-order valence-corrected chi connectivity index (χ0v) is 15.2. The van der Waals surface area contributed by atoms with E-state index in [0.29, 0.717) is 42.6 Å². The van der Waals surface area contributed by atoms with Gasteiger partial charge in [0.25, 0.3) is 0 Å². The highest BCUT2D eigenvalue weighted by atomic mass is 35.5. The van der Waals surface area contributed by atoms with Crippen molar-refractivity contribution in [2.45, 2.75) is 19.9 Å². The van der Waals surface area contributed by atoms with Gasteiger partial charge in [0.15, 0.2) is 17.4 Å². The summed E-state index contributed by atoms with van der Waals surface area (Å²) in [5.74, 6) is 1.08. The van der Waals surface area contributed by atoms with Gasteiger partial charge in [0.1, 0.15) is 12.4 Å². The highest BCUT2D eigenvalue weighted by Crippen LogP contribution is 2.18. The first-order valence-corrected chi connectivity index (χ1v) is 8.80. The number of nitrogens with zero attached hydrogens (tertiary/aromatic N) is 4. The number of hydrogen-bond acceptors (Lipinski definition) is 3. The van der Waals surface area contributed by atoms with E-state index in [1.807, 2.05) is 35.7 Å². The fourth-order valence-corrected chi connectivity index (χ4v) is 2.82. The van der Waals surface area contributed by atoms with E-state index in [1.165, 1.54) is 6.07 Å². The van der Waals surface area contributed by atoms with Gasteiger partial charge in [-0.3, -0.25) is 4.40 Å². The van der Waals surface area contributed by atoms with E-state index in [0.717, 1.165) is 11.5 Å². The minimum absolute atomic E-state index is 0.295. The van der Waals surface area contributed by atoms with Crippen molar-refractivity contribution in [2.75, 3.05) is 13.1 Å². The number of halogens is 2. The summed E-state index contributed by atoms with van der Waals surface area (Å²) in [5, 5.41) is 15.1. The molecule has 2 aromatic heterocycles. The minimum atomic E-state index is -0.295. The van der Waals surface area contributed by atoms with Gasteiger partial charge in [-0.25, -0.2) is 9.38 Å².